The molecular formula is C32H45BF2N12NaO9. The Bertz CT molecular complexity index is 2130. The molecule has 4 aromatic heterocycles. The van der Waals surface area contributed by atoms with Gasteiger partial charge in [0.1, 0.15) is 6.10 Å². The molecule has 0 bridgehead atoms. The van der Waals surface area contributed by atoms with Crippen LogP contribution < -0.4 is 51.3 Å². The Morgan fingerprint density at radius 1 is 0.842 bits per heavy atom. The second kappa shape index (κ2) is 20.6. The first kappa shape index (κ1) is 47.3. The molecule has 0 aromatic carbocycles. The summed E-state index contributed by atoms with van der Waals surface area (Å²) in [4.78, 5) is 72.8. The molecule has 57 heavy (non-hydrogen) atoms. The number of aromatic amines is 2. The molecule has 3 aliphatic heterocycles. The van der Waals surface area contributed by atoms with Crippen LogP contribution in [0.2, 0.25) is 0 Å². The summed E-state index contributed by atoms with van der Waals surface area (Å²) >= 11 is 0. The molecule has 21 nitrogen and oxygen atoms in total. The van der Waals surface area contributed by atoms with Crippen molar-refractivity contribution in [3.8, 4) is 0 Å². The second-order valence-electron chi connectivity index (χ2n) is 13.5. The number of aliphatic hydroxyl groups excluding tert-OH is 1. The van der Waals surface area contributed by atoms with Gasteiger partial charge in [-0.25, -0.2) is 8.78 Å². The van der Waals surface area contributed by atoms with Crippen LogP contribution in [0.5, 0.6) is 0 Å². The average Bonchev–Trinajstić information content (AvgIpc) is 4.00. The number of fused-ring (bicyclic) bond motifs is 2. The number of hydrogen-bond donors (Lipinski definition) is 5. The molecule has 7 heterocycles. The van der Waals surface area contributed by atoms with Gasteiger partial charge in [0.15, 0.2) is 40.9 Å². The number of aromatic nitrogens is 10. The smallest absolute Gasteiger partial charge is 1.00 e. The maximum atomic E-state index is 14.1. The zero-order chi connectivity index (χ0) is 40.1. The van der Waals surface area contributed by atoms with Gasteiger partial charge in [-0.3, -0.25) is 44.6 Å². The summed E-state index contributed by atoms with van der Waals surface area (Å²) in [5.41, 5.74) is -1.61. The van der Waals surface area contributed by atoms with Crippen LogP contribution in [0.25, 0.3) is 22.3 Å². The van der Waals surface area contributed by atoms with Gasteiger partial charge in [0, 0.05) is 33.5 Å². The predicted octanol–water partition coefficient (Wildman–Crippen LogP) is -2.03. The summed E-state index contributed by atoms with van der Waals surface area (Å²) in [6.07, 6.45) is -5.80. The van der Waals surface area contributed by atoms with E-state index in [9.17, 15) is 37.9 Å². The number of amides is 2. The molecule has 0 saturated carbocycles. The van der Waals surface area contributed by atoms with E-state index in [2.05, 4.69) is 51.2 Å². The number of rotatable bonds is 8. The van der Waals surface area contributed by atoms with Crippen molar-refractivity contribution in [2.24, 2.45) is 11.8 Å². The van der Waals surface area contributed by atoms with Crippen molar-refractivity contribution in [3.63, 3.8) is 0 Å². The van der Waals surface area contributed by atoms with E-state index in [1.807, 2.05) is 0 Å². The number of anilines is 2. The molecule has 4 aromatic rings. The molecule has 0 spiro atoms. The van der Waals surface area contributed by atoms with Gasteiger partial charge in [-0.1, -0.05) is 52.0 Å². The van der Waals surface area contributed by atoms with Crippen molar-refractivity contribution >= 4 is 60.2 Å². The monoisotopic (exact) mass is 813 g/mol. The minimum absolute atomic E-state index is 0. The molecule has 7 rings (SSSR count). The number of aliphatic hydroxyl groups is 1. The second-order valence-corrected chi connectivity index (χ2v) is 13.5. The van der Waals surface area contributed by atoms with E-state index in [4.69, 9.17) is 14.2 Å². The number of H-pyrrole nitrogens is 2. The standard InChI is InChI=1S/C14H19FN6O4.C14H17FN6O4.C4H8O.B.Na.H/c2*1-4-6-7(15)9(22)13(25-6)21-10-8(19-20-21)12(24)18-14(16-10)17-11(23)5(2)3;1-2-4-5-3-1;;;/h5-7,9,13,22H,4H2,1-3H3,(H2,16,17,18,23,24);5-7,13H,4H2,1-3H3,(H2,16,17,18,23,24);1-4H2;;;/q;;;;+1;-1/t6-,7-,9+,13-;6-,7-,13-;;;;/m11..../s1. The maximum absolute atomic E-state index is 14.1. The third-order valence-corrected chi connectivity index (χ3v) is 8.73. The number of halogens is 2. The summed E-state index contributed by atoms with van der Waals surface area (Å²) in [5, 5.41) is 29.8. The van der Waals surface area contributed by atoms with Crippen molar-refractivity contribution in [3.05, 3.63) is 20.7 Å². The Balaban J connectivity index is 0.000000340. The molecule has 3 fully saturated rings. The van der Waals surface area contributed by atoms with E-state index in [1.165, 1.54) is 12.8 Å². The molecule has 2 amide bonds. The fraction of sp³-hybridized carbons (Fsp3) is 0.656. The minimum Gasteiger partial charge on any atom is -1.00 e. The Morgan fingerprint density at radius 2 is 1.32 bits per heavy atom. The van der Waals surface area contributed by atoms with Crippen LogP contribution in [0.1, 0.15) is 81.1 Å². The summed E-state index contributed by atoms with van der Waals surface area (Å²) in [6.45, 7) is 12.1. The molecule has 5 N–H and O–H groups in total. The van der Waals surface area contributed by atoms with Crippen LogP contribution in [0.4, 0.5) is 20.7 Å². The number of ether oxygens (including phenoxy) is 3. The Morgan fingerprint density at radius 3 is 1.72 bits per heavy atom. The van der Waals surface area contributed by atoms with Crippen LogP contribution in [0.3, 0.4) is 0 Å². The molecule has 7 atom stereocenters. The Labute approximate surface area is 349 Å². The normalized spacial score (nSPS) is 24.1. The quantitative estimate of drug-likeness (QED) is 0.120. The van der Waals surface area contributed by atoms with Gasteiger partial charge in [-0.05, 0) is 25.7 Å². The van der Waals surface area contributed by atoms with Crippen LogP contribution in [0.15, 0.2) is 9.59 Å². The number of nitrogens with one attached hydrogen (secondary N) is 4. The number of alkyl halides is 2. The van der Waals surface area contributed by atoms with E-state index in [1.54, 1.807) is 41.5 Å². The molecule has 3 aliphatic rings. The fourth-order valence-electron chi connectivity index (χ4n) is 5.50. The van der Waals surface area contributed by atoms with E-state index < -0.39 is 60.0 Å². The average molecular weight is 814 g/mol. The van der Waals surface area contributed by atoms with Crippen LogP contribution in [0, 0.1) is 11.8 Å². The van der Waals surface area contributed by atoms with Gasteiger partial charge in [0.2, 0.25) is 35.7 Å². The molecular weight excluding hydrogens is 768 g/mol. The third kappa shape index (κ3) is 10.5. The van der Waals surface area contributed by atoms with Gasteiger partial charge in [-0.2, -0.15) is 19.3 Å². The Hall–Kier alpha value is -4.07. The Kier molecular flexibility index (Phi) is 17.1. The molecule has 0 aliphatic carbocycles. The van der Waals surface area contributed by atoms with Crippen LogP contribution in [-0.4, -0.2) is 125 Å². The van der Waals surface area contributed by atoms with Gasteiger partial charge < -0.3 is 20.7 Å². The SMILES string of the molecule is C1CCOC1.CC[C@H]1O[C@@H](n2nnc3c(=O)[nH]c(NC(=O)C(C)C)nc32)C(=O)[C@@H]1F.CC[C@H]1O[C@@H](n2nnc3c(=O)[nH]c(NC(=O)C(C)C)nc32)[C@@H](O)[C@@H]1F.[B].[H-].[Na+]. The first-order valence-corrected chi connectivity index (χ1v) is 17.9. The predicted molar refractivity (Wildman–Crippen MR) is 195 cm³/mol. The summed E-state index contributed by atoms with van der Waals surface area (Å²) in [7, 11) is 0. The topological polar surface area (TPSA) is 276 Å². The maximum Gasteiger partial charge on any atom is 1.00 e. The van der Waals surface area contributed by atoms with E-state index in [-0.39, 0.29) is 97.3 Å². The molecule has 3 saturated heterocycles. The number of ketones is 1. The van der Waals surface area contributed by atoms with Gasteiger partial charge in [0.25, 0.3) is 11.1 Å². The first-order valence-electron chi connectivity index (χ1n) is 17.9. The summed E-state index contributed by atoms with van der Waals surface area (Å²) in [5.74, 6) is -2.36. The van der Waals surface area contributed by atoms with Crippen LogP contribution in [-0.2, 0) is 28.6 Å². The van der Waals surface area contributed by atoms with E-state index >= 15 is 0 Å². The largest absolute Gasteiger partial charge is 1.00 e. The summed E-state index contributed by atoms with van der Waals surface area (Å²) in [6, 6.07) is 0. The number of carbonyl (C=O) groups excluding carboxylic acids is 3. The number of nitrogens with zero attached hydrogens (tertiary/aromatic N) is 8. The van der Waals surface area contributed by atoms with Crippen molar-refractivity contribution in [1.29, 1.82) is 0 Å². The van der Waals surface area contributed by atoms with E-state index in [0.717, 1.165) is 22.6 Å². The van der Waals surface area contributed by atoms with Gasteiger partial charge in [0.05, 0.1) is 12.2 Å². The fourth-order valence-corrected chi connectivity index (χ4v) is 5.50. The third-order valence-electron chi connectivity index (χ3n) is 8.73. The zero-order valence-corrected chi connectivity index (χ0v) is 34.6. The molecule has 305 valence electrons. The van der Waals surface area contributed by atoms with Crippen molar-refractivity contribution in [1.82, 2.24) is 49.9 Å². The van der Waals surface area contributed by atoms with E-state index in [0.29, 0.717) is 12.8 Å². The van der Waals surface area contributed by atoms with Crippen molar-refractivity contribution in [2.75, 3.05) is 23.8 Å². The van der Waals surface area contributed by atoms with Crippen molar-refractivity contribution < 1.29 is 73.5 Å². The summed E-state index contributed by atoms with van der Waals surface area (Å²) < 4.78 is 45.9. The van der Waals surface area contributed by atoms with Gasteiger partial charge in [-0.15, -0.1) is 10.2 Å². The van der Waals surface area contributed by atoms with Crippen LogP contribution >= 0.6 is 0 Å². The molecule has 25 heteroatoms. The molecule has 0 unspecified atom stereocenters. The number of hydrogen-bond acceptors (Lipinski definition) is 15. The first-order chi connectivity index (χ1) is 26.2. The number of Topliss-reactive ketones (excluding diaryl/α,β-unsaturated/α-hetero) is 1. The van der Waals surface area contributed by atoms with Crippen molar-refractivity contribution in [2.45, 2.75) is 110 Å². The van der Waals surface area contributed by atoms with Gasteiger partial charge >= 0.3 is 29.6 Å². The molecule has 3 radical (unpaired) electrons. The zero-order valence-electron chi connectivity index (χ0n) is 33.6. The minimum atomic E-state index is -1.78. The number of carbonyl (C=O) groups is 3.